The van der Waals surface area contributed by atoms with Crippen molar-refractivity contribution in [3.63, 3.8) is 0 Å². The zero-order valence-corrected chi connectivity index (χ0v) is 39.5. The summed E-state index contributed by atoms with van der Waals surface area (Å²) in [4.78, 5) is 33.6. The van der Waals surface area contributed by atoms with Crippen molar-refractivity contribution < 1.29 is 47.9 Å². The van der Waals surface area contributed by atoms with E-state index < -0.39 is 10.8 Å². The fourth-order valence-electron chi connectivity index (χ4n) is 4.91. The van der Waals surface area contributed by atoms with Crippen molar-refractivity contribution in [2.45, 2.75) is 133 Å². The third kappa shape index (κ3) is 35.5. The summed E-state index contributed by atoms with van der Waals surface area (Å²) in [6.07, 6.45) is 10.0. The van der Waals surface area contributed by atoms with Gasteiger partial charge in [0.15, 0.2) is 0 Å². The Morgan fingerprint density at radius 2 is 1.12 bits per heavy atom. The van der Waals surface area contributed by atoms with E-state index in [9.17, 15) is 14.4 Å². The van der Waals surface area contributed by atoms with Crippen LogP contribution in [0.4, 0.5) is 0 Å². The van der Waals surface area contributed by atoms with Gasteiger partial charge in [-0.05, 0) is 104 Å². The van der Waals surface area contributed by atoms with Gasteiger partial charge in [-0.3, -0.25) is 14.4 Å². The quantitative estimate of drug-likeness (QED) is 0.0379. The fourth-order valence-corrected chi connectivity index (χ4v) is 5.31. The second kappa shape index (κ2) is 39.2. The lowest BCUT2D eigenvalue weighted by Crippen LogP contribution is -2.26. The summed E-state index contributed by atoms with van der Waals surface area (Å²) >= 11 is 3.39. The number of ether oxygens (including phenoxy) is 6. The predicted molar refractivity (Wildman–Crippen MR) is 242 cm³/mol. The van der Waals surface area contributed by atoms with E-state index in [4.69, 9.17) is 28.8 Å². The topological polar surface area (TPSA) is 127 Å². The fraction of sp³-hybridized carbons (Fsp3) is 0.667. The number of hydrogen-bond acceptors (Lipinski definition) is 10. The highest BCUT2D eigenvalue weighted by Crippen LogP contribution is 2.26. The van der Waals surface area contributed by atoms with E-state index in [1.54, 1.807) is 13.8 Å². The summed E-state index contributed by atoms with van der Waals surface area (Å²) in [5.74, 6) is -0.463. The molecule has 0 bridgehead atoms. The van der Waals surface area contributed by atoms with Crippen molar-refractivity contribution in [3.05, 3.63) is 78.7 Å². The van der Waals surface area contributed by atoms with Gasteiger partial charge in [-0.1, -0.05) is 103 Å². The molecular weight excluding hydrogens is 816 g/mol. The van der Waals surface area contributed by atoms with Crippen LogP contribution >= 0.6 is 15.9 Å². The Morgan fingerprint density at radius 1 is 0.695 bits per heavy atom. The maximum Gasteiger partial charge on any atom is 0.311 e. The van der Waals surface area contributed by atoms with Crippen molar-refractivity contribution in [2.24, 2.45) is 16.7 Å². The van der Waals surface area contributed by atoms with Crippen molar-refractivity contribution in [2.75, 3.05) is 58.2 Å². The van der Waals surface area contributed by atoms with Crippen molar-refractivity contribution in [1.29, 1.82) is 0 Å². The van der Waals surface area contributed by atoms with Gasteiger partial charge in [0, 0.05) is 38.4 Å². The summed E-state index contributed by atoms with van der Waals surface area (Å²) in [6, 6.07) is 20.4. The van der Waals surface area contributed by atoms with Crippen molar-refractivity contribution in [3.8, 4) is 0 Å². The molecule has 0 spiro atoms. The number of esters is 3. The molecule has 1 saturated heterocycles. The van der Waals surface area contributed by atoms with Gasteiger partial charge in [-0.25, -0.2) is 0 Å². The van der Waals surface area contributed by atoms with Crippen LogP contribution in [0.2, 0.25) is 0 Å². The second-order valence-corrected chi connectivity index (χ2v) is 16.3. The molecule has 2 aromatic rings. The van der Waals surface area contributed by atoms with E-state index in [2.05, 4.69) is 51.9 Å². The van der Waals surface area contributed by atoms with Crippen LogP contribution in [0, 0.1) is 23.7 Å². The Morgan fingerprint density at radius 3 is 1.44 bits per heavy atom. The van der Waals surface area contributed by atoms with E-state index in [1.807, 2.05) is 77.9 Å². The molecule has 338 valence electrons. The maximum atomic E-state index is 11.7. The second-order valence-electron chi connectivity index (χ2n) is 15.5. The molecule has 1 N–H and O–H groups in total. The molecule has 0 aromatic heterocycles. The van der Waals surface area contributed by atoms with Gasteiger partial charge in [0.05, 0.1) is 43.2 Å². The Kier molecular flexibility index (Phi) is 38.6. The molecule has 3 rings (SSSR count). The number of hydrogen-bond donors (Lipinski definition) is 1. The number of carbonyl (C=O) groups is 3. The molecule has 2 aromatic carbocycles. The smallest absolute Gasteiger partial charge is 0.311 e. The van der Waals surface area contributed by atoms with Crippen LogP contribution < -0.4 is 0 Å². The molecule has 0 amide bonds. The summed E-state index contributed by atoms with van der Waals surface area (Å²) < 4.78 is 30.6. The minimum absolute atomic E-state index is 0.0308. The Hall–Kier alpha value is -2.96. The molecule has 0 atom stereocenters. The molecule has 59 heavy (non-hydrogen) atoms. The predicted octanol–water partition coefficient (Wildman–Crippen LogP) is 10.9. The lowest BCUT2D eigenvalue weighted by atomic mass is 9.87. The number of alkyl halides is 1. The van der Waals surface area contributed by atoms with E-state index in [-0.39, 0.29) is 37.0 Å². The lowest BCUT2D eigenvalue weighted by molar-refractivity contribution is -0.154. The molecule has 1 fully saturated rings. The van der Waals surface area contributed by atoms with E-state index in [1.165, 1.54) is 30.4 Å². The minimum atomic E-state index is -0.412. The molecular formula is C48H80BrO10+. The first-order chi connectivity index (χ1) is 28.2. The third-order valence-corrected chi connectivity index (χ3v) is 9.21. The third-order valence-electron chi connectivity index (χ3n) is 8.64. The van der Waals surface area contributed by atoms with Crippen molar-refractivity contribution in [1.82, 2.24) is 0 Å². The first-order valence-corrected chi connectivity index (χ1v) is 22.6. The van der Waals surface area contributed by atoms with Gasteiger partial charge < -0.3 is 33.5 Å². The number of rotatable bonds is 23. The first-order valence-electron chi connectivity index (χ1n) is 21.5. The lowest BCUT2D eigenvalue weighted by Gasteiger charge is -2.21. The minimum Gasteiger partial charge on any atom is -0.466 e. The number of benzene rings is 2. The van der Waals surface area contributed by atoms with Crippen LogP contribution in [0.1, 0.15) is 131 Å². The maximum absolute atomic E-state index is 11.7. The van der Waals surface area contributed by atoms with Crippen LogP contribution in [0.3, 0.4) is 0 Å². The average Bonchev–Trinajstić information content (AvgIpc) is 3.82. The highest BCUT2D eigenvalue weighted by molar-refractivity contribution is 9.09. The van der Waals surface area contributed by atoms with Crippen LogP contribution in [-0.4, -0.2) is 81.2 Å². The van der Waals surface area contributed by atoms with Crippen LogP contribution in [-0.2, 0) is 56.0 Å². The Labute approximate surface area is 366 Å². The molecule has 0 saturated carbocycles. The number of unbranched alkanes of at least 4 members (excludes halogenated alkanes) is 3. The number of aliphatic hydroxyl groups excluding tert-OH is 1. The highest BCUT2D eigenvalue weighted by Gasteiger charge is 2.29. The highest BCUT2D eigenvalue weighted by atomic mass is 79.9. The summed E-state index contributed by atoms with van der Waals surface area (Å²) in [7, 11) is 0. The molecule has 0 radical (unpaired) electrons. The van der Waals surface area contributed by atoms with Gasteiger partial charge in [0.25, 0.3) is 0 Å². The Bertz CT molecular complexity index is 1240. The SMILES string of the molecule is BrCCCCOCc1ccccc1.C1CCOC1.CCOC(=O)C(C)(C)CCCCO.CCOC(=O)C(C)(C)CCCCOCc1ccccc1.[CH2+]COC(=O)C(C)C. The summed E-state index contributed by atoms with van der Waals surface area (Å²) in [5.41, 5.74) is 1.64. The zero-order valence-electron chi connectivity index (χ0n) is 37.9. The summed E-state index contributed by atoms with van der Waals surface area (Å²) in [5, 5.41) is 9.66. The number of halogens is 1. The van der Waals surface area contributed by atoms with Gasteiger partial charge in [-0.2, -0.15) is 0 Å². The van der Waals surface area contributed by atoms with Crippen molar-refractivity contribution >= 4 is 33.8 Å². The van der Waals surface area contributed by atoms with Crippen LogP contribution in [0.5, 0.6) is 0 Å². The molecule has 10 nitrogen and oxygen atoms in total. The normalized spacial score (nSPS) is 11.9. The molecule has 11 heteroatoms. The summed E-state index contributed by atoms with van der Waals surface area (Å²) in [6.45, 7) is 24.5. The van der Waals surface area contributed by atoms with Gasteiger partial charge >= 0.3 is 17.9 Å². The van der Waals surface area contributed by atoms with E-state index in [0.717, 1.165) is 83.3 Å². The van der Waals surface area contributed by atoms with Gasteiger partial charge in [0.2, 0.25) is 6.61 Å². The first kappa shape index (κ1) is 58.1. The van der Waals surface area contributed by atoms with Gasteiger partial charge in [0.1, 0.15) is 6.92 Å². The monoisotopic (exact) mass is 895 g/mol. The molecule has 0 unspecified atom stereocenters. The standard InChI is InChI=1S/C17H26O3.C11H15BrO.C10H20O3.C6H11O2.C4H8O/c1-4-20-16(18)17(2,3)12-8-9-13-19-14-15-10-6-5-7-11-15;12-8-4-5-9-13-10-11-6-2-1-3-7-11;1-4-13-9(12)10(2,3)7-5-6-8-11;1-4-8-6(7)5(2)3;1-2-4-5-3-1/h5-7,10-11H,4,8-9,12-14H2,1-3H3;1-3,6-7H,4-5,8-10H2;11H,4-8H2,1-3H3;5H,1,4H2,2-3H3;1-4H2/q;;;+1;. The van der Waals surface area contributed by atoms with Gasteiger partial charge in [-0.15, -0.1) is 0 Å². The molecule has 1 aliphatic heterocycles. The van der Waals surface area contributed by atoms with E-state index >= 15 is 0 Å². The van der Waals surface area contributed by atoms with Crippen LogP contribution in [0.25, 0.3) is 0 Å². The van der Waals surface area contributed by atoms with Crippen LogP contribution in [0.15, 0.2) is 60.7 Å². The molecule has 0 aliphatic carbocycles. The molecule has 1 aliphatic rings. The van der Waals surface area contributed by atoms with E-state index in [0.29, 0.717) is 19.8 Å². The zero-order chi connectivity index (χ0) is 44.6. The average molecular weight is 897 g/mol. The molecule has 1 heterocycles. The number of carbonyl (C=O) groups excluding carboxylic acids is 3. The largest absolute Gasteiger partial charge is 0.466 e. The Balaban J connectivity index is 0. The number of aliphatic hydroxyl groups is 1.